The van der Waals surface area contributed by atoms with Crippen molar-refractivity contribution in [3.05, 3.63) is 12.7 Å². The number of nitrogens with one attached hydrogen (secondary N) is 1. The van der Waals surface area contributed by atoms with Crippen LogP contribution in [-0.2, 0) is 9.59 Å². The molecule has 0 radical (unpaired) electrons. The van der Waals surface area contributed by atoms with Gasteiger partial charge in [0.2, 0.25) is 11.8 Å². The Morgan fingerprint density at radius 2 is 2.19 bits per heavy atom. The molecule has 1 N–H and O–H groups in total. The van der Waals surface area contributed by atoms with E-state index < -0.39 is 0 Å². The minimum Gasteiger partial charge on any atom is -0.343 e. The van der Waals surface area contributed by atoms with Crippen LogP contribution >= 0.6 is 0 Å². The van der Waals surface area contributed by atoms with Crippen molar-refractivity contribution in [3.63, 3.8) is 0 Å². The van der Waals surface area contributed by atoms with Crippen molar-refractivity contribution in [3.8, 4) is 0 Å². The normalized spacial score (nSPS) is 25.5. The molecule has 0 aromatic carbocycles. The fraction of sp³-hybridized carbons (Fsp3) is 0.667. The standard InChI is InChI=1S/C12H20N2O2/c1-4-6-8-14-9(3)11(15)13-10(7-5-2)12(14)16/h4,9-10H,1,5-8H2,2-3H3,(H,13,15). The van der Waals surface area contributed by atoms with Gasteiger partial charge in [-0.2, -0.15) is 0 Å². The van der Waals surface area contributed by atoms with Crippen LogP contribution in [0.25, 0.3) is 0 Å². The van der Waals surface area contributed by atoms with Crippen LogP contribution in [0.15, 0.2) is 12.7 Å². The van der Waals surface area contributed by atoms with Gasteiger partial charge in [-0.1, -0.05) is 19.4 Å². The average molecular weight is 224 g/mol. The van der Waals surface area contributed by atoms with Crippen LogP contribution in [-0.4, -0.2) is 35.3 Å². The van der Waals surface area contributed by atoms with Crippen LogP contribution < -0.4 is 5.32 Å². The van der Waals surface area contributed by atoms with Crippen molar-refractivity contribution >= 4 is 11.8 Å². The maximum Gasteiger partial charge on any atom is 0.245 e. The highest BCUT2D eigenvalue weighted by atomic mass is 16.2. The summed E-state index contributed by atoms with van der Waals surface area (Å²) in [5.41, 5.74) is 0. The minimum atomic E-state index is -0.361. The van der Waals surface area contributed by atoms with Crippen LogP contribution in [0.5, 0.6) is 0 Å². The molecule has 0 saturated carbocycles. The van der Waals surface area contributed by atoms with Gasteiger partial charge in [-0.15, -0.1) is 6.58 Å². The predicted molar refractivity (Wildman–Crippen MR) is 62.8 cm³/mol. The van der Waals surface area contributed by atoms with Crippen molar-refractivity contribution in [2.75, 3.05) is 6.54 Å². The van der Waals surface area contributed by atoms with Crippen LogP contribution in [0.2, 0.25) is 0 Å². The topological polar surface area (TPSA) is 49.4 Å². The summed E-state index contributed by atoms with van der Waals surface area (Å²) in [4.78, 5) is 25.4. The molecule has 0 aromatic rings. The zero-order chi connectivity index (χ0) is 12.1. The fourth-order valence-electron chi connectivity index (χ4n) is 1.91. The maximum atomic E-state index is 12.1. The van der Waals surface area contributed by atoms with Crippen molar-refractivity contribution in [2.24, 2.45) is 0 Å². The molecular weight excluding hydrogens is 204 g/mol. The van der Waals surface area contributed by atoms with Crippen LogP contribution in [0.3, 0.4) is 0 Å². The van der Waals surface area contributed by atoms with E-state index in [2.05, 4.69) is 11.9 Å². The van der Waals surface area contributed by atoms with Gasteiger partial charge in [-0.3, -0.25) is 9.59 Å². The van der Waals surface area contributed by atoms with Crippen LogP contribution in [0.4, 0.5) is 0 Å². The van der Waals surface area contributed by atoms with E-state index in [1.54, 1.807) is 17.9 Å². The van der Waals surface area contributed by atoms with Gasteiger partial charge in [0.15, 0.2) is 0 Å². The van der Waals surface area contributed by atoms with Gasteiger partial charge < -0.3 is 10.2 Å². The Kier molecular flexibility index (Phi) is 4.52. The lowest BCUT2D eigenvalue weighted by Gasteiger charge is -2.37. The Morgan fingerprint density at radius 1 is 1.50 bits per heavy atom. The molecule has 4 heteroatoms. The van der Waals surface area contributed by atoms with E-state index in [0.29, 0.717) is 13.0 Å². The molecule has 2 amide bonds. The molecule has 0 bridgehead atoms. The molecule has 2 atom stereocenters. The third-order valence-corrected chi connectivity index (χ3v) is 2.90. The molecular formula is C12H20N2O2. The van der Waals surface area contributed by atoms with E-state index in [9.17, 15) is 9.59 Å². The van der Waals surface area contributed by atoms with E-state index in [1.165, 1.54) is 0 Å². The minimum absolute atomic E-state index is 0.0378. The highest BCUT2D eigenvalue weighted by molar-refractivity contribution is 5.96. The first-order valence-corrected chi connectivity index (χ1v) is 5.83. The Balaban J connectivity index is 2.73. The first-order valence-electron chi connectivity index (χ1n) is 5.83. The largest absolute Gasteiger partial charge is 0.343 e. The zero-order valence-corrected chi connectivity index (χ0v) is 10.0. The van der Waals surface area contributed by atoms with Crippen molar-refractivity contribution in [1.82, 2.24) is 10.2 Å². The Labute approximate surface area is 96.7 Å². The summed E-state index contributed by atoms with van der Waals surface area (Å²) in [5.74, 6) is -0.0158. The molecule has 1 aliphatic rings. The SMILES string of the molecule is C=CCCN1C(=O)C(CCC)NC(=O)C1C. The number of amides is 2. The number of piperazine rings is 1. The second-order valence-corrected chi connectivity index (χ2v) is 4.13. The van der Waals surface area contributed by atoms with Gasteiger partial charge in [-0.05, 0) is 19.8 Å². The summed E-state index contributed by atoms with van der Waals surface area (Å²) >= 11 is 0. The summed E-state index contributed by atoms with van der Waals surface area (Å²) in [6.07, 6.45) is 4.09. The summed E-state index contributed by atoms with van der Waals surface area (Å²) in [6, 6.07) is -0.695. The van der Waals surface area contributed by atoms with E-state index in [1.807, 2.05) is 6.92 Å². The average Bonchev–Trinajstić information content (AvgIpc) is 2.26. The Morgan fingerprint density at radius 3 is 2.75 bits per heavy atom. The van der Waals surface area contributed by atoms with E-state index >= 15 is 0 Å². The fourth-order valence-corrected chi connectivity index (χ4v) is 1.91. The van der Waals surface area contributed by atoms with Gasteiger partial charge in [0.05, 0.1) is 0 Å². The lowest BCUT2D eigenvalue weighted by Crippen LogP contribution is -2.62. The summed E-state index contributed by atoms with van der Waals surface area (Å²) < 4.78 is 0. The predicted octanol–water partition coefficient (Wildman–Crippen LogP) is 1.08. The number of nitrogens with zero attached hydrogens (tertiary/aromatic N) is 1. The molecule has 90 valence electrons. The van der Waals surface area contributed by atoms with E-state index in [0.717, 1.165) is 12.8 Å². The van der Waals surface area contributed by atoms with Gasteiger partial charge in [0.25, 0.3) is 0 Å². The molecule has 0 spiro atoms. The molecule has 1 rings (SSSR count). The molecule has 1 saturated heterocycles. The van der Waals surface area contributed by atoms with Crippen LogP contribution in [0, 0.1) is 0 Å². The van der Waals surface area contributed by atoms with Gasteiger partial charge in [0, 0.05) is 6.54 Å². The van der Waals surface area contributed by atoms with Gasteiger partial charge in [0.1, 0.15) is 12.1 Å². The van der Waals surface area contributed by atoms with E-state index in [-0.39, 0.29) is 23.9 Å². The maximum absolute atomic E-state index is 12.1. The number of rotatable bonds is 5. The molecule has 1 aliphatic heterocycles. The molecule has 4 nitrogen and oxygen atoms in total. The monoisotopic (exact) mass is 224 g/mol. The number of carbonyl (C=O) groups excluding carboxylic acids is 2. The third-order valence-electron chi connectivity index (χ3n) is 2.90. The highest BCUT2D eigenvalue weighted by Crippen LogP contribution is 2.13. The first kappa shape index (κ1) is 12.7. The molecule has 0 aromatic heterocycles. The van der Waals surface area contributed by atoms with Crippen molar-refractivity contribution < 1.29 is 9.59 Å². The van der Waals surface area contributed by atoms with Crippen molar-refractivity contribution in [2.45, 2.75) is 45.2 Å². The smallest absolute Gasteiger partial charge is 0.245 e. The molecule has 0 aliphatic carbocycles. The first-order chi connectivity index (χ1) is 7.61. The zero-order valence-electron chi connectivity index (χ0n) is 10.0. The molecule has 1 heterocycles. The summed E-state index contributed by atoms with van der Waals surface area (Å²) in [7, 11) is 0. The second kappa shape index (κ2) is 5.68. The third kappa shape index (κ3) is 2.62. The van der Waals surface area contributed by atoms with E-state index in [4.69, 9.17) is 0 Å². The number of hydrogen-bond acceptors (Lipinski definition) is 2. The quantitative estimate of drug-likeness (QED) is 0.710. The number of hydrogen-bond donors (Lipinski definition) is 1. The molecule has 16 heavy (non-hydrogen) atoms. The van der Waals surface area contributed by atoms with Crippen LogP contribution in [0.1, 0.15) is 33.1 Å². The lowest BCUT2D eigenvalue weighted by molar-refractivity contribution is -0.148. The highest BCUT2D eigenvalue weighted by Gasteiger charge is 2.36. The molecule has 1 fully saturated rings. The Hall–Kier alpha value is -1.32. The lowest BCUT2D eigenvalue weighted by atomic mass is 10.0. The van der Waals surface area contributed by atoms with Gasteiger partial charge in [-0.25, -0.2) is 0 Å². The Bertz CT molecular complexity index is 289. The summed E-state index contributed by atoms with van der Waals surface area (Å²) in [5, 5.41) is 2.77. The molecule has 2 unspecified atom stereocenters. The number of carbonyl (C=O) groups is 2. The second-order valence-electron chi connectivity index (χ2n) is 4.13. The van der Waals surface area contributed by atoms with Gasteiger partial charge >= 0.3 is 0 Å². The summed E-state index contributed by atoms with van der Waals surface area (Å²) in [6.45, 7) is 7.98. The van der Waals surface area contributed by atoms with Crippen molar-refractivity contribution in [1.29, 1.82) is 0 Å².